The van der Waals surface area contributed by atoms with E-state index in [9.17, 15) is 0 Å². The average Bonchev–Trinajstić information content (AvgIpc) is 3.29. The minimum atomic E-state index is 0.471. The molecule has 1 fully saturated rings. The van der Waals surface area contributed by atoms with E-state index in [1.54, 1.807) is 0 Å². The molecule has 0 unspecified atom stereocenters. The van der Waals surface area contributed by atoms with E-state index in [0.29, 0.717) is 5.92 Å². The number of hydrogen-bond donors (Lipinski definition) is 1. The van der Waals surface area contributed by atoms with Gasteiger partial charge in [-0.1, -0.05) is 90.5 Å². The van der Waals surface area contributed by atoms with E-state index in [1.807, 2.05) is 0 Å². The Labute approximate surface area is 216 Å². The highest BCUT2D eigenvalue weighted by Crippen LogP contribution is 2.29. The van der Waals surface area contributed by atoms with Crippen LogP contribution in [0.25, 0.3) is 11.4 Å². The predicted molar refractivity (Wildman–Crippen MR) is 149 cm³/mol. The van der Waals surface area contributed by atoms with Gasteiger partial charge in [0.05, 0.1) is 5.69 Å². The van der Waals surface area contributed by atoms with Gasteiger partial charge in [0.1, 0.15) is 5.82 Å². The Kier molecular flexibility index (Phi) is 7.95. The number of nitrogens with zero attached hydrogens (tertiary/aromatic N) is 3. The number of rotatable bonds is 9. The van der Waals surface area contributed by atoms with Crippen LogP contribution in [-0.4, -0.2) is 52.5 Å². The van der Waals surface area contributed by atoms with Crippen molar-refractivity contribution in [2.75, 3.05) is 32.7 Å². The molecule has 4 heteroatoms. The van der Waals surface area contributed by atoms with E-state index in [0.717, 1.165) is 44.1 Å². The van der Waals surface area contributed by atoms with Crippen LogP contribution in [0.15, 0.2) is 84.9 Å². The number of piperazine rings is 1. The van der Waals surface area contributed by atoms with E-state index >= 15 is 0 Å². The Bertz CT molecular complexity index is 1170. The normalized spacial score (nSPS) is 15.0. The van der Waals surface area contributed by atoms with Gasteiger partial charge < -0.3 is 9.88 Å². The summed E-state index contributed by atoms with van der Waals surface area (Å²) >= 11 is 0. The molecule has 4 nitrogen and oxygen atoms in total. The zero-order valence-corrected chi connectivity index (χ0v) is 21.7. The van der Waals surface area contributed by atoms with Crippen LogP contribution in [-0.2, 0) is 6.54 Å². The van der Waals surface area contributed by atoms with Crippen molar-refractivity contribution >= 4 is 0 Å². The molecule has 0 radical (unpaired) electrons. The third-order valence-corrected chi connectivity index (χ3v) is 7.52. The number of aromatic nitrogens is 2. The molecule has 1 aliphatic heterocycles. The molecule has 3 aromatic carbocycles. The molecule has 0 atom stereocenters. The van der Waals surface area contributed by atoms with Gasteiger partial charge in [-0.05, 0) is 44.4 Å². The molecule has 1 aromatic heterocycles. The van der Waals surface area contributed by atoms with E-state index in [-0.39, 0.29) is 0 Å². The summed E-state index contributed by atoms with van der Waals surface area (Å²) in [5, 5.41) is 0. The molecule has 0 bridgehead atoms. The molecular weight excluding hydrogens is 440 g/mol. The maximum absolute atomic E-state index is 4.94. The molecule has 186 valence electrons. The molecule has 1 aliphatic rings. The molecule has 4 aromatic rings. The Morgan fingerprint density at radius 1 is 0.750 bits per heavy atom. The molecule has 0 amide bonds. The maximum atomic E-state index is 4.94. The number of imidazole rings is 1. The van der Waals surface area contributed by atoms with Crippen LogP contribution < -0.4 is 0 Å². The molecule has 0 saturated carbocycles. The van der Waals surface area contributed by atoms with Crippen molar-refractivity contribution < 1.29 is 0 Å². The summed E-state index contributed by atoms with van der Waals surface area (Å²) in [7, 11) is 0. The van der Waals surface area contributed by atoms with Gasteiger partial charge in [0.25, 0.3) is 0 Å². The van der Waals surface area contributed by atoms with Crippen molar-refractivity contribution in [3.8, 4) is 11.4 Å². The second-order valence-electron chi connectivity index (χ2n) is 10.2. The molecule has 0 aliphatic carbocycles. The van der Waals surface area contributed by atoms with Gasteiger partial charge in [0.2, 0.25) is 0 Å². The van der Waals surface area contributed by atoms with Gasteiger partial charge in [-0.3, -0.25) is 4.90 Å². The summed E-state index contributed by atoms with van der Waals surface area (Å²) in [5.41, 5.74) is 7.63. The van der Waals surface area contributed by atoms with Gasteiger partial charge in [-0.25, -0.2) is 4.98 Å². The van der Waals surface area contributed by atoms with Crippen molar-refractivity contribution in [3.05, 3.63) is 113 Å². The number of nitrogens with one attached hydrogen (secondary N) is 1. The third kappa shape index (κ3) is 6.13. The number of aryl methyl sites for hydroxylation is 2. The summed E-state index contributed by atoms with van der Waals surface area (Å²) in [6.07, 6.45) is 2.40. The third-order valence-electron chi connectivity index (χ3n) is 7.52. The lowest BCUT2D eigenvalue weighted by molar-refractivity contribution is 0.124. The first-order valence-corrected chi connectivity index (χ1v) is 13.3. The summed E-state index contributed by atoms with van der Waals surface area (Å²) in [6, 6.07) is 30.6. The zero-order chi connectivity index (χ0) is 24.7. The first kappa shape index (κ1) is 24.5. The van der Waals surface area contributed by atoms with Crippen LogP contribution in [0, 0.1) is 13.8 Å². The van der Waals surface area contributed by atoms with Crippen molar-refractivity contribution in [3.63, 3.8) is 0 Å². The lowest BCUT2D eigenvalue weighted by atomic mass is 9.87. The summed E-state index contributed by atoms with van der Waals surface area (Å²) in [5.74, 6) is 1.45. The Morgan fingerprint density at radius 3 is 1.94 bits per heavy atom. The van der Waals surface area contributed by atoms with Crippen LogP contribution in [0.5, 0.6) is 0 Å². The highest BCUT2D eigenvalue weighted by Gasteiger charge is 2.20. The number of H-pyrrole nitrogens is 1. The molecule has 5 rings (SSSR count). The van der Waals surface area contributed by atoms with Crippen molar-refractivity contribution in [2.24, 2.45) is 0 Å². The Balaban J connectivity index is 1.11. The lowest BCUT2D eigenvalue weighted by Crippen LogP contribution is -2.46. The smallest absolute Gasteiger partial charge is 0.137 e. The van der Waals surface area contributed by atoms with Crippen molar-refractivity contribution in [2.45, 2.75) is 39.2 Å². The van der Waals surface area contributed by atoms with E-state index in [4.69, 9.17) is 4.98 Å². The zero-order valence-electron chi connectivity index (χ0n) is 21.7. The molecule has 36 heavy (non-hydrogen) atoms. The number of hydrogen-bond acceptors (Lipinski definition) is 3. The molecule has 1 saturated heterocycles. The Hall–Kier alpha value is -3.21. The highest BCUT2D eigenvalue weighted by molar-refractivity contribution is 5.56. The average molecular weight is 479 g/mol. The van der Waals surface area contributed by atoms with E-state index < -0.39 is 0 Å². The fourth-order valence-electron chi connectivity index (χ4n) is 5.30. The SMILES string of the molecule is Cc1ccc(-c2nc(CN3CCN(CCCC(c4ccccc4)c4ccccc4)CC3)c(C)[nH]2)cc1. The van der Waals surface area contributed by atoms with Gasteiger partial charge >= 0.3 is 0 Å². The Morgan fingerprint density at radius 2 is 1.33 bits per heavy atom. The van der Waals surface area contributed by atoms with Gasteiger partial charge in [-0.15, -0.1) is 0 Å². The van der Waals surface area contributed by atoms with Crippen LogP contribution in [0.2, 0.25) is 0 Å². The predicted octanol–water partition coefficient (Wildman–Crippen LogP) is 6.42. The second-order valence-corrected chi connectivity index (χ2v) is 10.2. The largest absolute Gasteiger partial charge is 0.342 e. The summed E-state index contributed by atoms with van der Waals surface area (Å²) in [6.45, 7) is 10.8. The van der Waals surface area contributed by atoms with Crippen LogP contribution >= 0.6 is 0 Å². The van der Waals surface area contributed by atoms with Crippen molar-refractivity contribution in [1.29, 1.82) is 0 Å². The fourth-order valence-corrected chi connectivity index (χ4v) is 5.30. The number of benzene rings is 3. The molecule has 1 N–H and O–H groups in total. The minimum absolute atomic E-state index is 0.471. The minimum Gasteiger partial charge on any atom is -0.342 e. The quantitative estimate of drug-likeness (QED) is 0.301. The summed E-state index contributed by atoms with van der Waals surface area (Å²) in [4.78, 5) is 13.6. The topological polar surface area (TPSA) is 35.2 Å². The second kappa shape index (κ2) is 11.7. The number of aromatic amines is 1. The van der Waals surface area contributed by atoms with Crippen LogP contribution in [0.4, 0.5) is 0 Å². The van der Waals surface area contributed by atoms with Gasteiger partial charge in [0.15, 0.2) is 0 Å². The first-order valence-electron chi connectivity index (χ1n) is 13.3. The fraction of sp³-hybridized carbons (Fsp3) is 0.344. The monoisotopic (exact) mass is 478 g/mol. The van der Waals surface area contributed by atoms with E-state index in [1.165, 1.54) is 47.5 Å². The van der Waals surface area contributed by atoms with Crippen LogP contribution in [0.3, 0.4) is 0 Å². The molecular formula is C32H38N4. The molecule has 0 spiro atoms. The standard InChI is InChI=1S/C32H38N4/c1-25-15-17-29(18-16-25)32-33-26(2)31(34-32)24-36-22-20-35(21-23-36)19-9-14-30(27-10-5-3-6-11-27)28-12-7-4-8-13-28/h3-8,10-13,15-18,30H,9,14,19-24H2,1-2H3,(H,33,34). The summed E-state index contributed by atoms with van der Waals surface area (Å²) < 4.78 is 0. The molecule has 2 heterocycles. The lowest BCUT2D eigenvalue weighted by Gasteiger charge is -2.34. The maximum Gasteiger partial charge on any atom is 0.137 e. The highest BCUT2D eigenvalue weighted by atomic mass is 15.3. The van der Waals surface area contributed by atoms with Crippen molar-refractivity contribution in [1.82, 2.24) is 19.8 Å². The van der Waals surface area contributed by atoms with Gasteiger partial charge in [0, 0.05) is 49.9 Å². The van der Waals surface area contributed by atoms with E-state index in [2.05, 4.69) is 114 Å². The first-order chi connectivity index (χ1) is 17.7. The van der Waals surface area contributed by atoms with Gasteiger partial charge in [-0.2, -0.15) is 0 Å². The van der Waals surface area contributed by atoms with Crippen LogP contribution in [0.1, 0.15) is 46.8 Å².